The number of methoxy groups -OCH3 is 1. The third-order valence-corrected chi connectivity index (χ3v) is 5.29. The summed E-state index contributed by atoms with van der Waals surface area (Å²) in [6, 6.07) is 4.42. The summed E-state index contributed by atoms with van der Waals surface area (Å²) in [4.78, 5) is 8.43. The number of ether oxygens (including phenoxy) is 1. The standard InChI is InChI=1S/C15H16N2O2S/c1-19-15-13(18)6-10-11(16-15)2-4-17-8-9-3-5-20-14(9)7-12(10)17/h3,5-6,12,18H,2,4,7-8H2,1H3/t12-/m1/s1. The highest BCUT2D eigenvalue weighted by atomic mass is 32.1. The van der Waals surface area contributed by atoms with Gasteiger partial charge in [-0.05, 0) is 28.6 Å². The van der Waals surface area contributed by atoms with Crippen molar-refractivity contribution in [3.63, 3.8) is 0 Å². The highest BCUT2D eigenvalue weighted by Gasteiger charge is 2.34. The Morgan fingerprint density at radius 1 is 1.50 bits per heavy atom. The van der Waals surface area contributed by atoms with Crippen LogP contribution in [0.1, 0.15) is 27.7 Å². The molecule has 0 bridgehead atoms. The highest BCUT2D eigenvalue weighted by Crippen LogP contribution is 2.41. The first kappa shape index (κ1) is 12.2. The largest absolute Gasteiger partial charge is 0.503 e. The number of rotatable bonds is 1. The smallest absolute Gasteiger partial charge is 0.256 e. The lowest BCUT2D eigenvalue weighted by Crippen LogP contribution is -2.39. The van der Waals surface area contributed by atoms with Crippen molar-refractivity contribution in [2.45, 2.75) is 25.4 Å². The summed E-state index contributed by atoms with van der Waals surface area (Å²) in [5.74, 6) is 0.481. The molecule has 0 spiro atoms. The molecule has 2 aromatic rings. The molecular formula is C15H16N2O2S. The molecule has 0 saturated carbocycles. The van der Waals surface area contributed by atoms with Crippen molar-refractivity contribution in [3.8, 4) is 11.6 Å². The summed E-state index contributed by atoms with van der Waals surface area (Å²) in [6.45, 7) is 2.03. The monoisotopic (exact) mass is 288 g/mol. The molecule has 5 heteroatoms. The van der Waals surface area contributed by atoms with Crippen molar-refractivity contribution in [2.75, 3.05) is 13.7 Å². The number of pyridine rings is 1. The molecule has 1 atom stereocenters. The van der Waals surface area contributed by atoms with Crippen molar-refractivity contribution < 1.29 is 9.84 Å². The minimum absolute atomic E-state index is 0.144. The number of hydrogen-bond donors (Lipinski definition) is 1. The van der Waals surface area contributed by atoms with Gasteiger partial charge in [0.1, 0.15) is 0 Å². The average molecular weight is 288 g/mol. The topological polar surface area (TPSA) is 45.6 Å². The number of hydrogen-bond acceptors (Lipinski definition) is 5. The van der Waals surface area contributed by atoms with Gasteiger partial charge in [0.2, 0.25) is 0 Å². The van der Waals surface area contributed by atoms with Gasteiger partial charge in [-0.1, -0.05) is 0 Å². The Kier molecular flexibility index (Phi) is 2.72. The molecule has 0 fully saturated rings. The summed E-state index contributed by atoms with van der Waals surface area (Å²) in [7, 11) is 1.54. The van der Waals surface area contributed by atoms with Crippen molar-refractivity contribution in [1.29, 1.82) is 0 Å². The van der Waals surface area contributed by atoms with Crippen LogP contribution in [-0.4, -0.2) is 28.6 Å². The molecule has 2 aliphatic rings. The van der Waals surface area contributed by atoms with E-state index in [1.807, 2.05) is 17.4 Å². The van der Waals surface area contributed by atoms with E-state index in [-0.39, 0.29) is 5.75 Å². The van der Waals surface area contributed by atoms with Crippen LogP contribution in [0.4, 0.5) is 0 Å². The first-order valence-corrected chi connectivity index (χ1v) is 7.70. The van der Waals surface area contributed by atoms with E-state index < -0.39 is 0 Å². The number of aromatic nitrogens is 1. The van der Waals surface area contributed by atoms with Gasteiger partial charge < -0.3 is 9.84 Å². The lowest BCUT2D eigenvalue weighted by molar-refractivity contribution is 0.160. The molecule has 0 radical (unpaired) electrons. The predicted molar refractivity (Wildman–Crippen MR) is 77.3 cm³/mol. The molecular weight excluding hydrogens is 272 g/mol. The summed E-state index contributed by atoms with van der Waals surface area (Å²) < 4.78 is 5.12. The van der Waals surface area contributed by atoms with E-state index in [0.29, 0.717) is 11.9 Å². The zero-order valence-corrected chi connectivity index (χ0v) is 12.1. The minimum Gasteiger partial charge on any atom is -0.503 e. The van der Waals surface area contributed by atoms with Gasteiger partial charge in [0.25, 0.3) is 5.88 Å². The van der Waals surface area contributed by atoms with E-state index >= 15 is 0 Å². The molecule has 104 valence electrons. The lowest BCUT2D eigenvalue weighted by atomic mass is 9.89. The molecule has 0 saturated heterocycles. The fourth-order valence-electron chi connectivity index (χ4n) is 3.29. The number of fused-ring (bicyclic) bond motifs is 4. The predicted octanol–water partition coefficient (Wildman–Crippen LogP) is 2.51. The molecule has 20 heavy (non-hydrogen) atoms. The highest BCUT2D eigenvalue weighted by molar-refractivity contribution is 7.10. The van der Waals surface area contributed by atoms with Gasteiger partial charge >= 0.3 is 0 Å². The zero-order valence-electron chi connectivity index (χ0n) is 11.3. The Balaban J connectivity index is 1.78. The van der Waals surface area contributed by atoms with E-state index in [2.05, 4.69) is 21.3 Å². The lowest BCUT2D eigenvalue weighted by Gasteiger charge is -2.40. The molecule has 0 aliphatic carbocycles. The minimum atomic E-state index is 0.144. The summed E-state index contributed by atoms with van der Waals surface area (Å²) in [5, 5.41) is 12.2. The third-order valence-electron chi connectivity index (χ3n) is 4.30. The van der Waals surface area contributed by atoms with Gasteiger partial charge in [0.05, 0.1) is 12.8 Å². The first-order valence-electron chi connectivity index (χ1n) is 6.82. The van der Waals surface area contributed by atoms with E-state index in [1.54, 1.807) is 7.11 Å². The number of nitrogens with zero attached hydrogens (tertiary/aromatic N) is 2. The van der Waals surface area contributed by atoms with Crippen molar-refractivity contribution in [1.82, 2.24) is 9.88 Å². The number of aromatic hydroxyl groups is 1. The Labute approximate surface area is 121 Å². The Morgan fingerprint density at radius 3 is 3.25 bits per heavy atom. The third kappa shape index (κ3) is 1.73. The maximum absolute atomic E-state index is 10.0. The molecule has 1 N–H and O–H groups in total. The zero-order chi connectivity index (χ0) is 13.7. The van der Waals surface area contributed by atoms with Crippen molar-refractivity contribution in [3.05, 3.63) is 39.2 Å². The van der Waals surface area contributed by atoms with E-state index in [0.717, 1.165) is 37.2 Å². The Morgan fingerprint density at radius 2 is 2.40 bits per heavy atom. The first-order chi connectivity index (χ1) is 9.76. The van der Waals surface area contributed by atoms with Crippen LogP contribution in [0, 0.1) is 0 Å². The Bertz CT molecular complexity index is 668. The quantitative estimate of drug-likeness (QED) is 0.876. The van der Waals surface area contributed by atoms with Crippen LogP contribution in [0.15, 0.2) is 17.5 Å². The van der Waals surface area contributed by atoms with Crippen LogP contribution < -0.4 is 4.74 Å². The molecule has 0 unspecified atom stereocenters. The normalized spacial score (nSPS) is 20.9. The van der Waals surface area contributed by atoms with Crippen molar-refractivity contribution >= 4 is 11.3 Å². The number of thiophene rings is 1. The van der Waals surface area contributed by atoms with Gasteiger partial charge in [0, 0.05) is 36.9 Å². The second-order valence-corrected chi connectivity index (χ2v) is 6.36. The summed E-state index contributed by atoms with van der Waals surface area (Å²) >= 11 is 1.83. The summed E-state index contributed by atoms with van der Waals surface area (Å²) in [6.07, 6.45) is 1.94. The molecule has 2 aliphatic heterocycles. The van der Waals surface area contributed by atoms with E-state index in [4.69, 9.17) is 4.74 Å². The van der Waals surface area contributed by atoms with Crippen LogP contribution in [0.3, 0.4) is 0 Å². The SMILES string of the molecule is COc1nc2c(cc1O)[C@H]1Cc3sccc3CN1CC2. The van der Waals surface area contributed by atoms with E-state index in [1.165, 1.54) is 10.4 Å². The second kappa shape index (κ2) is 4.46. The van der Waals surface area contributed by atoms with Crippen molar-refractivity contribution in [2.24, 2.45) is 0 Å². The molecule has 4 nitrogen and oxygen atoms in total. The molecule has 4 heterocycles. The van der Waals surface area contributed by atoms with Crippen LogP contribution in [-0.2, 0) is 19.4 Å². The Hall–Kier alpha value is -1.59. The van der Waals surface area contributed by atoms with Gasteiger partial charge in [-0.3, -0.25) is 4.90 Å². The van der Waals surface area contributed by atoms with Gasteiger partial charge in [-0.15, -0.1) is 11.3 Å². The second-order valence-electron chi connectivity index (χ2n) is 5.36. The van der Waals surface area contributed by atoms with Crippen LogP contribution >= 0.6 is 11.3 Å². The van der Waals surface area contributed by atoms with Crippen LogP contribution in [0.25, 0.3) is 0 Å². The summed E-state index contributed by atoms with van der Waals surface area (Å²) in [5.41, 5.74) is 3.69. The van der Waals surface area contributed by atoms with Crippen LogP contribution in [0.5, 0.6) is 11.6 Å². The fraction of sp³-hybridized carbons (Fsp3) is 0.400. The van der Waals surface area contributed by atoms with Gasteiger partial charge in [0.15, 0.2) is 5.75 Å². The van der Waals surface area contributed by atoms with Gasteiger partial charge in [-0.2, -0.15) is 0 Å². The van der Waals surface area contributed by atoms with Gasteiger partial charge in [-0.25, -0.2) is 4.98 Å². The van der Waals surface area contributed by atoms with E-state index in [9.17, 15) is 5.11 Å². The average Bonchev–Trinajstić information content (AvgIpc) is 2.91. The molecule has 0 aromatic carbocycles. The maximum Gasteiger partial charge on any atom is 0.256 e. The molecule has 0 amide bonds. The molecule has 2 aromatic heterocycles. The van der Waals surface area contributed by atoms with Crippen LogP contribution in [0.2, 0.25) is 0 Å². The fourth-order valence-corrected chi connectivity index (χ4v) is 4.22. The molecule has 4 rings (SSSR count). The maximum atomic E-state index is 10.0.